The fourth-order valence-corrected chi connectivity index (χ4v) is 2.82. The number of hydrogen-bond acceptors (Lipinski definition) is 2. The molecule has 2 unspecified atom stereocenters. The largest absolute Gasteiger partial charge is 0.480 e. The van der Waals surface area contributed by atoms with Crippen LogP contribution in [0.3, 0.4) is 0 Å². The number of rotatable bonds is 2. The summed E-state index contributed by atoms with van der Waals surface area (Å²) in [6, 6.07) is 4.63. The summed E-state index contributed by atoms with van der Waals surface area (Å²) in [6.07, 6.45) is 0.737. The number of carbonyl (C=O) groups is 1. The normalized spacial score (nSPS) is 24.6. The number of halogens is 2. The molecule has 16 heavy (non-hydrogen) atoms. The van der Waals surface area contributed by atoms with Gasteiger partial charge in [0, 0.05) is 16.0 Å². The molecule has 1 aromatic rings. The van der Waals surface area contributed by atoms with Crippen LogP contribution < -0.4 is 5.32 Å². The highest BCUT2D eigenvalue weighted by molar-refractivity contribution is 6.36. The Labute approximate surface area is 103 Å². The SMILES string of the molecule is O=C(O)C1NCCC1c1c(Cl)cccc1Cl. The molecule has 0 radical (unpaired) electrons. The van der Waals surface area contributed by atoms with Crippen LogP contribution in [0.2, 0.25) is 10.0 Å². The van der Waals surface area contributed by atoms with E-state index in [2.05, 4.69) is 5.32 Å². The van der Waals surface area contributed by atoms with Crippen molar-refractivity contribution in [2.24, 2.45) is 0 Å². The van der Waals surface area contributed by atoms with Crippen molar-refractivity contribution >= 4 is 29.2 Å². The molecule has 2 rings (SSSR count). The van der Waals surface area contributed by atoms with Gasteiger partial charge in [0.15, 0.2) is 0 Å². The Morgan fingerprint density at radius 1 is 1.38 bits per heavy atom. The van der Waals surface area contributed by atoms with Crippen molar-refractivity contribution < 1.29 is 9.90 Å². The van der Waals surface area contributed by atoms with E-state index in [1.165, 1.54) is 0 Å². The van der Waals surface area contributed by atoms with Gasteiger partial charge in [0.05, 0.1) is 0 Å². The first-order valence-electron chi connectivity index (χ1n) is 5.01. The van der Waals surface area contributed by atoms with Crippen LogP contribution >= 0.6 is 23.2 Å². The highest BCUT2D eigenvalue weighted by atomic mass is 35.5. The number of aliphatic carboxylic acids is 1. The van der Waals surface area contributed by atoms with Crippen molar-refractivity contribution in [3.8, 4) is 0 Å². The van der Waals surface area contributed by atoms with E-state index in [1.54, 1.807) is 18.2 Å². The molecular formula is C11H11Cl2NO2. The van der Waals surface area contributed by atoms with Gasteiger partial charge in [0.25, 0.3) is 0 Å². The van der Waals surface area contributed by atoms with Gasteiger partial charge in [-0.1, -0.05) is 29.3 Å². The van der Waals surface area contributed by atoms with Crippen LogP contribution in [-0.4, -0.2) is 23.7 Å². The van der Waals surface area contributed by atoms with Crippen molar-refractivity contribution in [3.63, 3.8) is 0 Å². The summed E-state index contributed by atoms with van der Waals surface area (Å²) in [5, 5.41) is 13.1. The minimum absolute atomic E-state index is 0.154. The lowest BCUT2D eigenvalue weighted by Gasteiger charge is -2.18. The predicted octanol–water partition coefficient (Wildman–Crippen LogP) is 2.52. The van der Waals surface area contributed by atoms with Crippen molar-refractivity contribution in [2.75, 3.05) is 6.54 Å². The monoisotopic (exact) mass is 259 g/mol. The smallest absolute Gasteiger partial charge is 0.321 e. The van der Waals surface area contributed by atoms with Crippen LogP contribution in [0.1, 0.15) is 17.9 Å². The molecule has 1 heterocycles. The first kappa shape index (κ1) is 11.7. The van der Waals surface area contributed by atoms with Crippen LogP contribution in [0.4, 0.5) is 0 Å². The van der Waals surface area contributed by atoms with Gasteiger partial charge in [-0.25, -0.2) is 0 Å². The number of benzene rings is 1. The van der Waals surface area contributed by atoms with Crippen molar-refractivity contribution in [1.82, 2.24) is 5.32 Å². The number of carboxylic acids is 1. The second kappa shape index (κ2) is 4.62. The molecule has 5 heteroatoms. The van der Waals surface area contributed by atoms with Gasteiger partial charge in [0.1, 0.15) is 6.04 Å². The number of carboxylic acid groups (broad SMARTS) is 1. The molecule has 1 aromatic carbocycles. The Hall–Kier alpha value is -0.770. The Bertz CT molecular complexity index is 402. The number of nitrogens with one attached hydrogen (secondary N) is 1. The van der Waals surface area contributed by atoms with Gasteiger partial charge in [-0.15, -0.1) is 0 Å². The van der Waals surface area contributed by atoms with Gasteiger partial charge >= 0.3 is 5.97 Å². The van der Waals surface area contributed by atoms with Gasteiger partial charge in [-0.05, 0) is 30.7 Å². The van der Waals surface area contributed by atoms with Crippen molar-refractivity contribution in [2.45, 2.75) is 18.4 Å². The van der Waals surface area contributed by atoms with Crippen LogP contribution in [0.25, 0.3) is 0 Å². The maximum atomic E-state index is 11.1. The minimum atomic E-state index is -0.863. The van der Waals surface area contributed by atoms with Gasteiger partial charge in [0.2, 0.25) is 0 Å². The molecule has 0 amide bonds. The van der Waals surface area contributed by atoms with E-state index >= 15 is 0 Å². The second-order valence-electron chi connectivity index (χ2n) is 3.80. The third-order valence-electron chi connectivity index (χ3n) is 2.86. The lowest BCUT2D eigenvalue weighted by molar-refractivity contribution is -0.139. The summed E-state index contributed by atoms with van der Waals surface area (Å²) in [6.45, 7) is 0.670. The molecule has 0 saturated carbocycles. The van der Waals surface area contributed by atoms with E-state index in [0.29, 0.717) is 16.6 Å². The van der Waals surface area contributed by atoms with Crippen LogP contribution in [-0.2, 0) is 4.79 Å². The van der Waals surface area contributed by atoms with E-state index in [0.717, 1.165) is 12.0 Å². The standard InChI is InChI=1S/C11H11Cl2NO2/c12-7-2-1-3-8(13)9(7)6-4-5-14-10(6)11(15)16/h1-3,6,10,14H,4-5H2,(H,15,16). The summed E-state index contributed by atoms with van der Waals surface area (Å²) in [5.74, 6) is -1.02. The Balaban J connectivity index is 2.40. The van der Waals surface area contributed by atoms with Crippen LogP contribution in [0.15, 0.2) is 18.2 Å². The fraction of sp³-hybridized carbons (Fsp3) is 0.364. The maximum Gasteiger partial charge on any atom is 0.321 e. The van der Waals surface area contributed by atoms with E-state index < -0.39 is 12.0 Å². The van der Waals surface area contributed by atoms with Gasteiger partial charge in [-0.2, -0.15) is 0 Å². The molecule has 86 valence electrons. The van der Waals surface area contributed by atoms with Crippen molar-refractivity contribution in [1.29, 1.82) is 0 Å². The van der Waals surface area contributed by atoms with Crippen molar-refractivity contribution in [3.05, 3.63) is 33.8 Å². The molecule has 1 fully saturated rings. The average Bonchev–Trinajstić information content (AvgIpc) is 2.66. The molecule has 2 atom stereocenters. The van der Waals surface area contributed by atoms with E-state index in [4.69, 9.17) is 28.3 Å². The zero-order valence-corrected chi connectivity index (χ0v) is 9.92. The summed E-state index contributed by atoms with van der Waals surface area (Å²) >= 11 is 12.1. The minimum Gasteiger partial charge on any atom is -0.480 e. The lowest BCUT2D eigenvalue weighted by atomic mass is 9.92. The fourth-order valence-electron chi connectivity index (χ4n) is 2.14. The topological polar surface area (TPSA) is 49.3 Å². The zero-order valence-electron chi connectivity index (χ0n) is 8.41. The van der Waals surface area contributed by atoms with E-state index in [1.807, 2.05) is 0 Å². The molecular weight excluding hydrogens is 249 g/mol. The van der Waals surface area contributed by atoms with Crippen LogP contribution in [0, 0.1) is 0 Å². The second-order valence-corrected chi connectivity index (χ2v) is 4.61. The molecule has 1 saturated heterocycles. The first-order chi connectivity index (χ1) is 7.61. The first-order valence-corrected chi connectivity index (χ1v) is 5.77. The molecule has 0 bridgehead atoms. The van der Waals surface area contributed by atoms with E-state index in [-0.39, 0.29) is 5.92 Å². The molecule has 1 aliphatic heterocycles. The maximum absolute atomic E-state index is 11.1. The number of hydrogen-bond donors (Lipinski definition) is 2. The third kappa shape index (κ3) is 2.03. The molecule has 0 aromatic heterocycles. The Morgan fingerprint density at radius 2 is 2.00 bits per heavy atom. The Kier molecular flexibility index (Phi) is 3.38. The average molecular weight is 260 g/mol. The van der Waals surface area contributed by atoms with Gasteiger partial charge < -0.3 is 10.4 Å². The summed E-state index contributed by atoms with van der Waals surface area (Å²) in [7, 11) is 0. The molecule has 1 aliphatic rings. The highest BCUT2D eigenvalue weighted by Crippen LogP contribution is 2.37. The molecule has 0 aliphatic carbocycles. The zero-order chi connectivity index (χ0) is 11.7. The Morgan fingerprint density at radius 3 is 2.56 bits per heavy atom. The van der Waals surface area contributed by atoms with Crippen LogP contribution in [0.5, 0.6) is 0 Å². The quantitative estimate of drug-likeness (QED) is 0.859. The van der Waals surface area contributed by atoms with Gasteiger partial charge in [-0.3, -0.25) is 4.79 Å². The lowest BCUT2D eigenvalue weighted by Crippen LogP contribution is -2.34. The third-order valence-corrected chi connectivity index (χ3v) is 3.52. The summed E-state index contributed by atoms with van der Waals surface area (Å²) < 4.78 is 0. The van der Waals surface area contributed by atoms with E-state index in [9.17, 15) is 4.79 Å². The predicted molar refractivity (Wildman–Crippen MR) is 63.2 cm³/mol. The summed E-state index contributed by atoms with van der Waals surface area (Å²) in [4.78, 5) is 11.1. The molecule has 0 spiro atoms. The summed E-state index contributed by atoms with van der Waals surface area (Å²) in [5.41, 5.74) is 0.739. The molecule has 3 nitrogen and oxygen atoms in total. The molecule has 2 N–H and O–H groups in total. The highest BCUT2D eigenvalue weighted by Gasteiger charge is 2.35.